The van der Waals surface area contributed by atoms with Crippen LogP contribution < -0.4 is 10.2 Å². The molecule has 1 aromatic rings. The van der Waals surface area contributed by atoms with Gasteiger partial charge in [-0.15, -0.1) is 0 Å². The van der Waals surface area contributed by atoms with E-state index in [1.54, 1.807) is 18.2 Å². The van der Waals surface area contributed by atoms with Crippen molar-refractivity contribution in [3.8, 4) is 0 Å². The predicted molar refractivity (Wildman–Crippen MR) is 69.9 cm³/mol. The molecule has 1 aromatic carbocycles. The molecule has 0 bridgehead atoms. The Morgan fingerprint density at radius 2 is 1.89 bits per heavy atom. The lowest BCUT2D eigenvalue weighted by atomic mass is 10.1. The molecule has 1 heterocycles. The summed E-state index contributed by atoms with van der Waals surface area (Å²) in [4.78, 5) is 24.7. The molecule has 1 saturated heterocycles. The second kappa shape index (κ2) is 5.78. The van der Waals surface area contributed by atoms with Gasteiger partial charge >= 0.3 is 0 Å². The normalized spacial score (nSPS) is 15.6. The van der Waals surface area contributed by atoms with Gasteiger partial charge in [-0.3, -0.25) is 9.59 Å². The van der Waals surface area contributed by atoms with Crippen LogP contribution in [-0.4, -0.2) is 31.3 Å². The highest BCUT2D eigenvalue weighted by atomic mass is 16.2. The molecular formula is C14H19N2O2+. The summed E-state index contributed by atoms with van der Waals surface area (Å²) in [5, 5.41) is 2.84. The largest absolute Gasteiger partial charge is 0.327 e. The van der Waals surface area contributed by atoms with Crippen LogP contribution in [0.1, 0.15) is 30.1 Å². The SMILES string of the molecule is CC(=O)c1ccccc1NC(=O)C[NH+]1CCCC1. The van der Waals surface area contributed by atoms with Crippen molar-refractivity contribution in [2.24, 2.45) is 0 Å². The van der Waals surface area contributed by atoms with Crippen molar-refractivity contribution in [1.82, 2.24) is 0 Å². The van der Waals surface area contributed by atoms with Crippen LogP contribution in [0.25, 0.3) is 0 Å². The van der Waals surface area contributed by atoms with Gasteiger partial charge in [0.2, 0.25) is 0 Å². The van der Waals surface area contributed by atoms with Crippen LogP contribution in [0.2, 0.25) is 0 Å². The summed E-state index contributed by atoms with van der Waals surface area (Å²) in [5.41, 5.74) is 1.19. The van der Waals surface area contributed by atoms with Crippen LogP contribution in [0, 0.1) is 0 Å². The first-order valence-electron chi connectivity index (χ1n) is 6.40. The topological polar surface area (TPSA) is 50.6 Å². The lowest BCUT2D eigenvalue weighted by Gasteiger charge is -2.13. The van der Waals surface area contributed by atoms with Gasteiger partial charge in [0.15, 0.2) is 12.3 Å². The molecule has 2 N–H and O–H groups in total. The number of rotatable bonds is 4. The number of benzene rings is 1. The molecule has 96 valence electrons. The van der Waals surface area contributed by atoms with Crippen molar-refractivity contribution in [3.63, 3.8) is 0 Å². The molecule has 2 rings (SSSR count). The van der Waals surface area contributed by atoms with Gasteiger partial charge in [0.1, 0.15) is 0 Å². The number of carbonyl (C=O) groups excluding carboxylic acids is 2. The first kappa shape index (κ1) is 12.8. The highest BCUT2D eigenvalue weighted by molar-refractivity contribution is 6.03. The number of amides is 1. The van der Waals surface area contributed by atoms with E-state index in [0.29, 0.717) is 17.8 Å². The van der Waals surface area contributed by atoms with Crippen LogP contribution in [0.3, 0.4) is 0 Å². The van der Waals surface area contributed by atoms with Crippen molar-refractivity contribution in [1.29, 1.82) is 0 Å². The Balaban J connectivity index is 2.00. The van der Waals surface area contributed by atoms with Gasteiger partial charge in [-0.05, 0) is 19.1 Å². The van der Waals surface area contributed by atoms with E-state index in [1.165, 1.54) is 24.7 Å². The van der Waals surface area contributed by atoms with Gasteiger partial charge in [0.05, 0.1) is 18.8 Å². The third kappa shape index (κ3) is 3.17. The number of anilines is 1. The molecule has 0 spiro atoms. The van der Waals surface area contributed by atoms with E-state index in [0.717, 1.165) is 13.1 Å². The van der Waals surface area contributed by atoms with Gasteiger partial charge in [-0.1, -0.05) is 12.1 Å². The molecule has 0 aromatic heterocycles. The molecule has 18 heavy (non-hydrogen) atoms. The third-order valence-electron chi connectivity index (χ3n) is 3.30. The molecule has 0 saturated carbocycles. The second-order valence-electron chi connectivity index (χ2n) is 4.78. The standard InChI is InChI=1S/C14H18N2O2/c1-11(17)12-6-2-3-7-13(12)15-14(18)10-16-8-4-5-9-16/h2-3,6-7H,4-5,8-10H2,1H3,(H,15,18)/p+1. The average Bonchev–Trinajstić information content (AvgIpc) is 2.82. The number of hydrogen-bond donors (Lipinski definition) is 2. The summed E-state index contributed by atoms with van der Waals surface area (Å²) in [7, 11) is 0. The van der Waals surface area contributed by atoms with Gasteiger partial charge < -0.3 is 10.2 Å². The van der Waals surface area contributed by atoms with E-state index in [9.17, 15) is 9.59 Å². The number of quaternary nitrogens is 1. The minimum absolute atomic E-state index is 0.0133. The highest BCUT2D eigenvalue weighted by Crippen LogP contribution is 2.15. The summed E-state index contributed by atoms with van der Waals surface area (Å²) in [6.07, 6.45) is 2.40. The van der Waals surface area contributed by atoms with E-state index >= 15 is 0 Å². The van der Waals surface area contributed by atoms with E-state index in [1.807, 2.05) is 6.07 Å². The molecular weight excluding hydrogens is 228 g/mol. The quantitative estimate of drug-likeness (QED) is 0.762. The van der Waals surface area contributed by atoms with Crippen molar-refractivity contribution in [2.45, 2.75) is 19.8 Å². The summed E-state index contributed by atoms with van der Waals surface area (Å²) in [6, 6.07) is 7.14. The molecule has 0 aliphatic carbocycles. The van der Waals surface area contributed by atoms with Gasteiger partial charge in [-0.2, -0.15) is 0 Å². The summed E-state index contributed by atoms with van der Waals surface area (Å²) in [5.74, 6) is -0.0416. The van der Waals surface area contributed by atoms with Gasteiger partial charge in [0, 0.05) is 18.4 Å². The van der Waals surface area contributed by atoms with Crippen LogP contribution >= 0.6 is 0 Å². The molecule has 0 atom stereocenters. The summed E-state index contributed by atoms with van der Waals surface area (Å²) >= 11 is 0. The highest BCUT2D eigenvalue weighted by Gasteiger charge is 2.19. The number of hydrogen-bond acceptors (Lipinski definition) is 2. The summed E-state index contributed by atoms with van der Waals surface area (Å²) in [6.45, 7) is 4.15. The maximum Gasteiger partial charge on any atom is 0.279 e. The van der Waals surface area contributed by atoms with Crippen LogP contribution in [0.15, 0.2) is 24.3 Å². The number of ketones is 1. The Kier molecular flexibility index (Phi) is 4.10. The molecule has 4 heteroatoms. The zero-order valence-corrected chi connectivity index (χ0v) is 10.7. The third-order valence-corrected chi connectivity index (χ3v) is 3.30. The van der Waals surface area contributed by atoms with Crippen molar-refractivity contribution < 1.29 is 14.5 Å². The molecule has 1 fully saturated rings. The lowest BCUT2D eigenvalue weighted by molar-refractivity contribution is -0.878. The number of para-hydroxylation sites is 1. The van der Waals surface area contributed by atoms with Crippen molar-refractivity contribution >= 4 is 17.4 Å². The fraction of sp³-hybridized carbons (Fsp3) is 0.429. The number of carbonyl (C=O) groups is 2. The number of Topliss-reactive ketones (excluding diaryl/α,β-unsaturated/α-hetero) is 1. The maximum absolute atomic E-state index is 11.9. The molecule has 1 amide bonds. The fourth-order valence-corrected chi connectivity index (χ4v) is 2.37. The number of nitrogens with one attached hydrogen (secondary N) is 2. The van der Waals surface area contributed by atoms with Crippen molar-refractivity contribution in [3.05, 3.63) is 29.8 Å². The number of likely N-dealkylation sites (tertiary alicyclic amines) is 1. The fourth-order valence-electron chi connectivity index (χ4n) is 2.37. The smallest absolute Gasteiger partial charge is 0.279 e. The van der Waals surface area contributed by atoms with E-state index in [2.05, 4.69) is 5.32 Å². The summed E-state index contributed by atoms with van der Waals surface area (Å²) < 4.78 is 0. The zero-order valence-electron chi connectivity index (χ0n) is 10.7. The van der Waals surface area contributed by atoms with Crippen LogP contribution in [0.5, 0.6) is 0 Å². The van der Waals surface area contributed by atoms with E-state index in [4.69, 9.17) is 0 Å². The Morgan fingerprint density at radius 1 is 1.22 bits per heavy atom. The second-order valence-corrected chi connectivity index (χ2v) is 4.78. The first-order chi connectivity index (χ1) is 8.66. The Hall–Kier alpha value is -1.68. The maximum atomic E-state index is 11.9. The Morgan fingerprint density at radius 3 is 2.56 bits per heavy atom. The van der Waals surface area contributed by atoms with Crippen LogP contribution in [0.4, 0.5) is 5.69 Å². The first-order valence-corrected chi connectivity index (χ1v) is 6.40. The van der Waals surface area contributed by atoms with E-state index < -0.39 is 0 Å². The predicted octanol–water partition coefficient (Wildman–Crippen LogP) is 0.506. The van der Waals surface area contributed by atoms with Gasteiger partial charge in [0.25, 0.3) is 5.91 Å². The molecule has 0 radical (unpaired) electrons. The zero-order chi connectivity index (χ0) is 13.0. The Bertz CT molecular complexity index is 451. The van der Waals surface area contributed by atoms with Gasteiger partial charge in [-0.25, -0.2) is 0 Å². The van der Waals surface area contributed by atoms with Crippen LogP contribution in [-0.2, 0) is 4.79 Å². The molecule has 1 aliphatic heterocycles. The lowest BCUT2D eigenvalue weighted by Crippen LogP contribution is -3.11. The molecule has 0 unspecified atom stereocenters. The van der Waals surface area contributed by atoms with E-state index in [-0.39, 0.29) is 11.7 Å². The molecule has 1 aliphatic rings. The minimum Gasteiger partial charge on any atom is -0.327 e. The molecule has 4 nitrogen and oxygen atoms in total. The average molecular weight is 247 g/mol. The monoisotopic (exact) mass is 247 g/mol. The van der Waals surface area contributed by atoms with Crippen molar-refractivity contribution in [2.75, 3.05) is 25.0 Å². The minimum atomic E-state index is -0.0283. The Labute approximate surface area is 107 Å².